The predicted molar refractivity (Wildman–Crippen MR) is 115 cm³/mol. The summed E-state index contributed by atoms with van der Waals surface area (Å²) in [5.41, 5.74) is 1.09. The molecule has 0 atom stereocenters. The van der Waals surface area contributed by atoms with Gasteiger partial charge in [-0.2, -0.15) is 4.31 Å². The Morgan fingerprint density at radius 3 is 2.47 bits per heavy atom. The van der Waals surface area contributed by atoms with Crippen molar-refractivity contribution in [3.8, 4) is 0 Å². The molecular weight excluding hydrogens is 424 g/mol. The van der Waals surface area contributed by atoms with Crippen LogP contribution in [0, 0.1) is 0 Å². The lowest BCUT2D eigenvalue weighted by Gasteiger charge is -2.33. The fourth-order valence-corrected chi connectivity index (χ4v) is 6.17. The minimum atomic E-state index is -3.72. The van der Waals surface area contributed by atoms with Gasteiger partial charge in [-0.05, 0) is 44.2 Å². The van der Waals surface area contributed by atoms with E-state index in [-0.39, 0.29) is 34.8 Å². The summed E-state index contributed by atoms with van der Waals surface area (Å²) in [6.07, 6.45) is 1.56. The van der Waals surface area contributed by atoms with E-state index in [2.05, 4.69) is 4.98 Å². The zero-order chi connectivity index (χ0) is 21.5. The quantitative estimate of drug-likeness (QED) is 0.613. The van der Waals surface area contributed by atoms with E-state index in [9.17, 15) is 18.0 Å². The molecule has 1 saturated heterocycles. The van der Waals surface area contributed by atoms with E-state index in [1.165, 1.54) is 4.31 Å². The minimum absolute atomic E-state index is 0.00146. The molecule has 0 saturated carbocycles. The number of amides is 1. The summed E-state index contributed by atoms with van der Waals surface area (Å²) in [4.78, 5) is 30.5. The maximum absolute atomic E-state index is 13.1. The molecule has 1 aromatic carbocycles. The fourth-order valence-electron chi connectivity index (χ4n) is 3.60. The second kappa shape index (κ2) is 7.93. The molecule has 8 nitrogen and oxygen atoms in total. The van der Waals surface area contributed by atoms with Crippen molar-refractivity contribution in [2.75, 3.05) is 26.2 Å². The Bertz CT molecular complexity index is 1240. The van der Waals surface area contributed by atoms with Crippen LogP contribution in [0.5, 0.6) is 0 Å². The molecule has 3 heterocycles. The summed E-state index contributed by atoms with van der Waals surface area (Å²) in [5.74, 6) is -0.200. The summed E-state index contributed by atoms with van der Waals surface area (Å²) in [6.45, 7) is 4.86. The number of benzene rings is 1. The number of piperazine rings is 1. The highest BCUT2D eigenvalue weighted by Gasteiger charge is 2.31. The third-order valence-electron chi connectivity index (χ3n) is 5.15. The molecule has 2 aromatic heterocycles. The number of thiazole rings is 1. The predicted octanol–water partition coefficient (Wildman–Crippen LogP) is 2.19. The summed E-state index contributed by atoms with van der Waals surface area (Å²) < 4.78 is 30.0. The number of fused-ring (bicyclic) bond motifs is 1. The van der Waals surface area contributed by atoms with Crippen molar-refractivity contribution in [3.63, 3.8) is 0 Å². The molecule has 0 spiro atoms. The van der Waals surface area contributed by atoms with Crippen molar-refractivity contribution in [3.05, 3.63) is 58.0 Å². The molecule has 158 valence electrons. The molecule has 10 heteroatoms. The lowest BCUT2D eigenvalue weighted by molar-refractivity contribution is 0.0692. The van der Waals surface area contributed by atoms with E-state index in [1.54, 1.807) is 52.1 Å². The maximum atomic E-state index is 13.1. The van der Waals surface area contributed by atoms with E-state index >= 15 is 0 Å². The molecular formula is C20H22N4O4S2. The molecule has 0 radical (unpaired) electrons. The summed E-state index contributed by atoms with van der Waals surface area (Å²) in [7, 11) is -3.72. The lowest BCUT2D eigenvalue weighted by Crippen LogP contribution is -2.50. The number of pyridine rings is 1. The highest BCUT2D eigenvalue weighted by Crippen LogP contribution is 2.26. The van der Waals surface area contributed by atoms with Crippen LogP contribution in [0.4, 0.5) is 0 Å². The Labute approximate surface area is 178 Å². The van der Waals surface area contributed by atoms with E-state index in [0.717, 1.165) is 16.9 Å². The van der Waals surface area contributed by atoms with Crippen LogP contribution in [0.1, 0.15) is 30.4 Å². The van der Waals surface area contributed by atoms with Crippen LogP contribution >= 0.6 is 11.3 Å². The Balaban J connectivity index is 1.53. The normalized spacial score (nSPS) is 15.8. The first-order chi connectivity index (χ1) is 14.3. The van der Waals surface area contributed by atoms with Crippen LogP contribution in [-0.4, -0.2) is 59.3 Å². The van der Waals surface area contributed by atoms with Gasteiger partial charge in [-0.1, -0.05) is 17.4 Å². The molecule has 0 bridgehead atoms. The number of hydrogen-bond acceptors (Lipinski definition) is 6. The van der Waals surface area contributed by atoms with Crippen molar-refractivity contribution in [1.29, 1.82) is 0 Å². The summed E-state index contributed by atoms with van der Waals surface area (Å²) >= 11 is 1.05. The smallest absolute Gasteiger partial charge is 0.308 e. The molecule has 1 aliphatic rings. The van der Waals surface area contributed by atoms with E-state index < -0.39 is 10.0 Å². The van der Waals surface area contributed by atoms with Crippen LogP contribution in [0.3, 0.4) is 0 Å². The van der Waals surface area contributed by atoms with Crippen LogP contribution in [0.25, 0.3) is 10.2 Å². The molecule has 0 aliphatic carbocycles. The van der Waals surface area contributed by atoms with Crippen molar-refractivity contribution < 1.29 is 13.2 Å². The molecule has 1 fully saturated rings. The van der Waals surface area contributed by atoms with Crippen LogP contribution in [0.2, 0.25) is 0 Å². The number of nitrogens with zero attached hydrogens (tertiary/aromatic N) is 4. The average Bonchev–Trinajstić information content (AvgIpc) is 3.09. The second-order valence-electron chi connectivity index (χ2n) is 7.37. The van der Waals surface area contributed by atoms with Gasteiger partial charge in [0.1, 0.15) is 5.69 Å². The molecule has 1 amide bonds. The summed E-state index contributed by atoms with van der Waals surface area (Å²) in [6, 6.07) is 9.95. The van der Waals surface area contributed by atoms with Gasteiger partial charge in [0.25, 0.3) is 5.91 Å². The van der Waals surface area contributed by atoms with Crippen molar-refractivity contribution in [2.24, 2.45) is 0 Å². The Hall–Kier alpha value is -2.56. The van der Waals surface area contributed by atoms with E-state index in [0.29, 0.717) is 23.5 Å². The summed E-state index contributed by atoms with van der Waals surface area (Å²) in [5, 5.41) is 0. The number of hydrogen-bond donors (Lipinski definition) is 0. The minimum Gasteiger partial charge on any atom is -0.335 e. The number of aromatic nitrogens is 2. The van der Waals surface area contributed by atoms with Crippen molar-refractivity contribution in [2.45, 2.75) is 24.8 Å². The van der Waals surface area contributed by atoms with Crippen molar-refractivity contribution in [1.82, 2.24) is 18.8 Å². The fraction of sp³-hybridized carbons (Fsp3) is 0.350. The number of carbonyl (C=O) groups excluding carboxylic acids is 1. The van der Waals surface area contributed by atoms with E-state index in [4.69, 9.17) is 0 Å². The standard InChI is InChI=1S/C20H22N4O4S2/c1-14(2)24-17-7-6-15(13-18(17)29-20(24)26)30(27,28)23-11-9-22(10-12-23)19(25)16-5-3-4-8-21-16/h3-8,13-14H,9-12H2,1-2H3. The lowest BCUT2D eigenvalue weighted by atomic mass is 10.3. The second-order valence-corrected chi connectivity index (χ2v) is 10.3. The first-order valence-corrected chi connectivity index (χ1v) is 11.9. The SMILES string of the molecule is CC(C)n1c(=O)sc2cc(S(=O)(=O)N3CCN(C(=O)c4ccccn4)CC3)ccc21. The molecule has 1 aliphatic heterocycles. The molecule has 0 N–H and O–H groups in total. The molecule has 0 unspecified atom stereocenters. The van der Waals surface area contributed by atoms with Gasteiger partial charge in [-0.3, -0.25) is 19.1 Å². The van der Waals surface area contributed by atoms with Gasteiger partial charge in [0.2, 0.25) is 10.0 Å². The first-order valence-electron chi connectivity index (χ1n) is 9.64. The third kappa shape index (κ3) is 3.66. The highest BCUT2D eigenvalue weighted by molar-refractivity contribution is 7.89. The van der Waals surface area contributed by atoms with Gasteiger partial charge in [0, 0.05) is 38.4 Å². The highest BCUT2D eigenvalue weighted by atomic mass is 32.2. The Kier molecular flexibility index (Phi) is 5.48. The molecule has 3 aromatic rings. The van der Waals surface area contributed by atoms with Gasteiger partial charge in [-0.25, -0.2) is 8.42 Å². The maximum Gasteiger partial charge on any atom is 0.308 e. The van der Waals surface area contributed by atoms with Crippen LogP contribution in [0.15, 0.2) is 52.3 Å². The Morgan fingerprint density at radius 2 is 1.83 bits per heavy atom. The molecule has 30 heavy (non-hydrogen) atoms. The van der Waals surface area contributed by atoms with Crippen molar-refractivity contribution >= 4 is 37.5 Å². The van der Waals surface area contributed by atoms with Crippen LogP contribution in [-0.2, 0) is 10.0 Å². The van der Waals surface area contributed by atoms with Gasteiger partial charge >= 0.3 is 4.87 Å². The van der Waals surface area contributed by atoms with E-state index in [1.807, 2.05) is 13.8 Å². The van der Waals surface area contributed by atoms with Gasteiger partial charge in [-0.15, -0.1) is 0 Å². The molecule has 4 rings (SSSR count). The number of rotatable bonds is 4. The third-order valence-corrected chi connectivity index (χ3v) is 7.96. The monoisotopic (exact) mass is 446 g/mol. The Morgan fingerprint density at radius 1 is 1.10 bits per heavy atom. The topological polar surface area (TPSA) is 92.6 Å². The average molecular weight is 447 g/mol. The van der Waals surface area contributed by atoms with Gasteiger partial charge in [0.05, 0.1) is 15.1 Å². The van der Waals surface area contributed by atoms with Crippen LogP contribution < -0.4 is 4.87 Å². The number of sulfonamides is 1. The van der Waals surface area contributed by atoms with Gasteiger partial charge in [0.15, 0.2) is 0 Å². The first kappa shape index (κ1) is 20.7. The zero-order valence-electron chi connectivity index (χ0n) is 16.7. The van der Waals surface area contributed by atoms with Gasteiger partial charge < -0.3 is 4.90 Å². The zero-order valence-corrected chi connectivity index (χ0v) is 18.3. The largest absolute Gasteiger partial charge is 0.335 e. The number of carbonyl (C=O) groups is 1.